The Balaban J connectivity index is 2.57. The first kappa shape index (κ1) is 15.6. The van der Waals surface area contributed by atoms with Crippen LogP contribution in [0.5, 0.6) is 5.75 Å². The van der Waals surface area contributed by atoms with E-state index in [-0.39, 0.29) is 11.6 Å². The van der Waals surface area contributed by atoms with Crippen LogP contribution in [0.2, 0.25) is 0 Å². The molecule has 1 aromatic heterocycles. The minimum atomic E-state index is -4.16. The highest BCUT2D eigenvalue weighted by molar-refractivity contribution is 7.93. The van der Waals surface area contributed by atoms with Crippen LogP contribution < -0.4 is 9.04 Å². The van der Waals surface area contributed by atoms with E-state index in [1.807, 2.05) is 0 Å². The zero-order valence-corrected chi connectivity index (χ0v) is 12.5. The normalized spacial score (nSPS) is 11.0. The molecule has 0 aliphatic carbocycles. The third kappa shape index (κ3) is 2.81. The third-order valence-electron chi connectivity index (χ3n) is 2.87. The minimum absolute atomic E-state index is 0.0487. The van der Waals surface area contributed by atoms with E-state index in [4.69, 9.17) is 4.74 Å². The van der Waals surface area contributed by atoms with Gasteiger partial charge in [-0.1, -0.05) is 0 Å². The molecule has 1 heterocycles. The van der Waals surface area contributed by atoms with E-state index >= 15 is 0 Å². The van der Waals surface area contributed by atoms with Crippen molar-refractivity contribution in [3.63, 3.8) is 0 Å². The Kier molecular flexibility index (Phi) is 4.22. The quantitative estimate of drug-likeness (QED) is 0.599. The molecule has 9 nitrogen and oxygen atoms in total. The highest BCUT2D eigenvalue weighted by Gasteiger charge is 2.31. The summed E-state index contributed by atoms with van der Waals surface area (Å²) in [5.74, 6) is 0.237. The lowest BCUT2D eigenvalue weighted by molar-refractivity contribution is -0.387. The lowest BCUT2D eigenvalue weighted by Gasteiger charge is -2.17. The van der Waals surface area contributed by atoms with Gasteiger partial charge in [0.25, 0.3) is 15.7 Å². The Labute approximate surface area is 126 Å². The van der Waals surface area contributed by atoms with Gasteiger partial charge in [0.2, 0.25) is 0 Å². The number of ether oxygens (including phenoxy) is 1. The van der Waals surface area contributed by atoms with Gasteiger partial charge >= 0.3 is 0 Å². The van der Waals surface area contributed by atoms with Crippen LogP contribution in [0.15, 0.2) is 41.7 Å². The van der Waals surface area contributed by atoms with E-state index in [0.717, 1.165) is 16.4 Å². The van der Waals surface area contributed by atoms with Gasteiger partial charge in [-0.25, -0.2) is 13.4 Å². The maximum atomic E-state index is 12.6. The summed E-state index contributed by atoms with van der Waals surface area (Å²) in [4.78, 5) is 17.5. The maximum Gasteiger partial charge on any atom is 0.293 e. The molecule has 0 bridgehead atoms. The van der Waals surface area contributed by atoms with Crippen molar-refractivity contribution in [2.75, 3.05) is 18.5 Å². The number of nitro benzene ring substituents is 1. The molecular formula is C12H12N4O5S. The fourth-order valence-electron chi connectivity index (χ4n) is 1.71. The van der Waals surface area contributed by atoms with Gasteiger partial charge in [0.05, 0.1) is 24.3 Å². The lowest BCUT2D eigenvalue weighted by Crippen LogP contribution is -2.28. The van der Waals surface area contributed by atoms with Gasteiger partial charge in [-0.05, 0) is 12.1 Å². The van der Waals surface area contributed by atoms with Gasteiger partial charge in [0, 0.05) is 19.4 Å². The fourth-order valence-corrected chi connectivity index (χ4v) is 2.98. The van der Waals surface area contributed by atoms with E-state index < -0.39 is 25.5 Å². The topological polar surface area (TPSA) is 116 Å². The Hall–Kier alpha value is -2.75. The van der Waals surface area contributed by atoms with Crippen LogP contribution in [-0.4, -0.2) is 37.5 Å². The summed E-state index contributed by atoms with van der Waals surface area (Å²) in [5, 5.41) is 11.1. The van der Waals surface area contributed by atoms with Crippen LogP contribution >= 0.6 is 0 Å². The average molecular weight is 324 g/mol. The second kappa shape index (κ2) is 5.93. The molecule has 0 saturated carbocycles. The van der Waals surface area contributed by atoms with Crippen molar-refractivity contribution in [2.24, 2.45) is 0 Å². The summed E-state index contributed by atoms with van der Waals surface area (Å²) in [6, 6.07) is 3.51. The average Bonchev–Trinajstić information content (AvgIpc) is 2.54. The van der Waals surface area contributed by atoms with Gasteiger partial charge in [0.15, 0.2) is 10.7 Å². The SMILES string of the molecule is COc1ccc(S(=O)(=O)N(C)c2cnccn2)c([N+](=O)[O-])c1. The molecule has 0 amide bonds. The Morgan fingerprint density at radius 3 is 2.59 bits per heavy atom. The van der Waals surface area contributed by atoms with Crippen LogP contribution in [0.25, 0.3) is 0 Å². The Morgan fingerprint density at radius 1 is 1.32 bits per heavy atom. The monoisotopic (exact) mass is 324 g/mol. The number of rotatable bonds is 5. The van der Waals surface area contributed by atoms with Crippen LogP contribution in [0.4, 0.5) is 11.5 Å². The number of sulfonamides is 1. The largest absolute Gasteiger partial charge is 0.497 e. The fraction of sp³-hybridized carbons (Fsp3) is 0.167. The van der Waals surface area contributed by atoms with E-state index in [1.54, 1.807) is 0 Å². The van der Waals surface area contributed by atoms with Crippen molar-refractivity contribution < 1.29 is 18.1 Å². The molecule has 10 heteroatoms. The van der Waals surface area contributed by atoms with Crippen molar-refractivity contribution in [1.29, 1.82) is 0 Å². The molecule has 2 aromatic rings. The summed E-state index contributed by atoms with van der Waals surface area (Å²) < 4.78 is 30.9. The minimum Gasteiger partial charge on any atom is -0.497 e. The second-order valence-corrected chi connectivity index (χ2v) is 6.06. The molecule has 0 aliphatic rings. The van der Waals surface area contributed by atoms with Crippen molar-refractivity contribution in [2.45, 2.75) is 4.90 Å². The standard InChI is InChI=1S/C12H12N4O5S/c1-15(12-8-13-5-6-14-12)22(19,20)11-4-3-9(21-2)7-10(11)16(17)18/h3-8H,1-2H3. The Bertz CT molecular complexity index is 794. The molecule has 0 unspecified atom stereocenters. The van der Waals surface area contributed by atoms with Crippen molar-refractivity contribution >= 4 is 21.5 Å². The predicted octanol–water partition coefficient (Wildman–Crippen LogP) is 1.22. The molecule has 2 rings (SSSR count). The molecule has 0 radical (unpaired) electrons. The van der Waals surface area contributed by atoms with Crippen molar-refractivity contribution in [3.8, 4) is 5.75 Å². The number of hydrogen-bond donors (Lipinski definition) is 0. The van der Waals surface area contributed by atoms with Gasteiger partial charge in [0.1, 0.15) is 5.75 Å². The van der Waals surface area contributed by atoms with Gasteiger partial charge in [-0.15, -0.1) is 0 Å². The van der Waals surface area contributed by atoms with Gasteiger partial charge < -0.3 is 4.74 Å². The van der Waals surface area contributed by atoms with Crippen molar-refractivity contribution in [3.05, 3.63) is 46.9 Å². The summed E-state index contributed by atoms with van der Waals surface area (Å²) >= 11 is 0. The smallest absolute Gasteiger partial charge is 0.293 e. The molecule has 0 fully saturated rings. The number of benzene rings is 1. The van der Waals surface area contributed by atoms with Crippen LogP contribution in [0, 0.1) is 10.1 Å². The Morgan fingerprint density at radius 2 is 2.05 bits per heavy atom. The van der Waals surface area contributed by atoms with Crippen molar-refractivity contribution in [1.82, 2.24) is 9.97 Å². The molecule has 0 N–H and O–H groups in total. The summed E-state index contributed by atoms with van der Waals surface area (Å²) in [7, 11) is -1.58. The van der Waals surface area contributed by atoms with E-state index in [9.17, 15) is 18.5 Å². The molecule has 0 aliphatic heterocycles. The third-order valence-corrected chi connectivity index (χ3v) is 4.68. The second-order valence-electron chi connectivity index (χ2n) is 4.13. The zero-order chi connectivity index (χ0) is 16.3. The molecule has 0 saturated heterocycles. The molecular weight excluding hydrogens is 312 g/mol. The van der Waals surface area contributed by atoms with Crippen LogP contribution in [0.1, 0.15) is 0 Å². The first-order valence-electron chi connectivity index (χ1n) is 5.95. The number of nitro groups is 1. The molecule has 0 atom stereocenters. The first-order chi connectivity index (χ1) is 10.4. The van der Waals surface area contributed by atoms with Crippen LogP contribution in [0.3, 0.4) is 0 Å². The highest BCUT2D eigenvalue weighted by atomic mass is 32.2. The van der Waals surface area contributed by atoms with E-state index in [1.165, 1.54) is 38.8 Å². The summed E-state index contributed by atoms with van der Waals surface area (Å²) in [5.41, 5.74) is -0.574. The zero-order valence-electron chi connectivity index (χ0n) is 11.7. The molecule has 116 valence electrons. The molecule has 0 spiro atoms. The molecule has 22 heavy (non-hydrogen) atoms. The first-order valence-corrected chi connectivity index (χ1v) is 7.39. The van der Waals surface area contributed by atoms with Crippen LogP contribution in [-0.2, 0) is 10.0 Å². The van der Waals surface area contributed by atoms with E-state index in [2.05, 4.69) is 9.97 Å². The number of nitrogens with zero attached hydrogens (tertiary/aromatic N) is 4. The number of hydrogen-bond acceptors (Lipinski definition) is 7. The van der Waals surface area contributed by atoms with E-state index in [0.29, 0.717) is 0 Å². The van der Waals surface area contributed by atoms with Gasteiger partial charge in [-0.2, -0.15) is 0 Å². The summed E-state index contributed by atoms with van der Waals surface area (Å²) in [6.07, 6.45) is 3.95. The highest BCUT2D eigenvalue weighted by Crippen LogP contribution is 2.31. The van der Waals surface area contributed by atoms with Gasteiger partial charge in [-0.3, -0.25) is 19.4 Å². The number of aromatic nitrogens is 2. The molecule has 1 aromatic carbocycles. The lowest BCUT2D eigenvalue weighted by atomic mass is 10.3. The summed E-state index contributed by atoms with van der Waals surface area (Å²) in [6.45, 7) is 0. The maximum absolute atomic E-state index is 12.6. The predicted molar refractivity (Wildman–Crippen MR) is 77.3 cm³/mol. The number of methoxy groups -OCH3 is 1. The number of anilines is 1.